The Kier molecular flexibility index (Phi) is 5.87. The van der Waals surface area contributed by atoms with E-state index >= 15 is 0 Å². The second-order valence-electron chi connectivity index (χ2n) is 7.11. The van der Waals surface area contributed by atoms with Gasteiger partial charge in [-0.3, -0.25) is 14.6 Å². The number of likely N-dealkylation sites (tertiary alicyclic amines) is 1. The number of amides is 1. The molecule has 1 aliphatic rings. The molecule has 0 N–H and O–H groups in total. The molecule has 1 aromatic heterocycles. The van der Waals surface area contributed by atoms with E-state index in [9.17, 15) is 14.4 Å². The summed E-state index contributed by atoms with van der Waals surface area (Å²) in [5.41, 5.74) is 2.90. The summed E-state index contributed by atoms with van der Waals surface area (Å²) in [4.78, 5) is 43.5. The van der Waals surface area contributed by atoms with Crippen LogP contribution >= 0.6 is 0 Å². The third-order valence-electron chi connectivity index (χ3n) is 5.12. The molecule has 0 aliphatic carbocycles. The van der Waals surface area contributed by atoms with Crippen LogP contribution in [0.5, 0.6) is 0 Å². The van der Waals surface area contributed by atoms with Crippen molar-refractivity contribution in [1.29, 1.82) is 0 Å². The summed E-state index contributed by atoms with van der Waals surface area (Å²) in [6.07, 6.45) is 1.85. The van der Waals surface area contributed by atoms with Crippen LogP contribution in [0.1, 0.15) is 51.7 Å². The second kappa shape index (κ2) is 8.33. The fourth-order valence-electron chi connectivity index (χ4n) is 3.33. The number of carbonyl (C=O) groups is 3. The molecule has 146 valence electrons. The molecule has 0 bridgehead atoms. The Morgan fingerprint density at radius 2 is 1.93 bits per heavy atom. The molecule has 3 rings (SSSR count). The van der Waals surface area contributed by atoms with E-state index in [4.69, 9.17) is 4.74 Å². The Bertz CT molecular complexity index is 895. The van der Waals surface area contributed by atoms with Crippen molar-refractivity contribution in [2.75, 3.05) is 6.54 Å². The number of aryl methyl sites for hydroxylation is 2. The zero-order chi connectivity index (χ0) is 20.3. The average molecular weight is 380 g/mol. The van der Waals surface area contributed by atoms with Gasteiger partial charge in [0, 0.05) is 18.3 Å². The number of esters is 1. The van der Waals surface area contributed by atoms with Crippen LogP contribution in [0.15, 0.2) is 42.6 Å². The quantitative estimate of drug-likeness (QED) is 0.588. The van der Waals surface area contributed by atoms with E-state index in [1.807, 2.05) is 19.9 Å². The van der Waals surface area contributed by atoms with Crippen molar-refractivity contribution in [3.05, 3.63) is 65.0 Å². The second-order valence-corrected chi connectivity index (χ2v) is 7.11. The molecule has 28 heavy (non-hydrogen) atoms. The molecule has 0 saturated carbocycles. The molecule has 0 spiro atoms. The number of Topliss-reactive ketones (excluding diaryl/α,β-unsaturated/α-hetero) is 1. The lowest BCUT2D eigenvalue weighted by molar-refractivity contribution is -0.150. The molecule has 1 amide bonds. The summed E-state index contributed by atoms with van der Waals surface area (Å²) in [7, 11) is 0. The number of benzene rings is 1. The minimum Gasteiger partial charge on any atom is -0.453 e. The molecule has 2 atom stereocenters. The summed E-state index contributed by atoms with van der Waals surface area (Å²) < 4.78 is 5.43. The van der Waals surface area contributed by atoms with E-state index in [-0.39, 0.29) is 11.7 Å². The highest BCUT2D eigenvalue weighted by atomic mass is 16.5. The van der Waals surface area contributed by atoms with E-state index in [0.29, 0.717) is 30.6 Å². The van der Waals surface area contributed by atoms with E-state index < -0.39 is 18.1 Å². The third-order valence-corrected chi connectivity index (χ3v) is 5.12. The van der Waals surface area contributed by atoms with E-state index in [1.165, 1.54) is 4.90 Å². The standard InChI is InChI=1S/C22H24N2O4/c1-14-9-10-17(13-15(14)2)20(25)16(3)28-22(27)19-8-6-12-24(19)21(26)18-7-4-5-11-23-18/h4-5,7,9-11,13,16,19H,6,8,12H2,1-3H3/t16-,19+/m1/s1. The fraction of sp³-hybridized carbons (Fsp3) is 0.364. The highest BCUT2D eigenvalue weighted by molar-refractivity contribution is 6.01. The monoisotopic (exact) mass is 380 g/mol. The van der Waals surface area contributed by atoms with Crippen LogP contribution in [0.2, 0.25) is 0 Å². The van der Waals surface area contributed by atoms with Crippen LogP contribution in [0.4, 0.5) is 0 Å². The van der Waals surface area contributed by atoms with Crippen LogP contribution in [0.3, 0.4) is 0 Å². The Labute approximate surface area is 164 Å². The molecule has 2 heterocycles. The van der Waals surface area contributed by atoms with Crippen molar-refractivity contribution in [3.63, 3.8) is 0 Å². The van der Waals surface area contributed by atoms with Crippen LogP contribution in [0, 0.1) is 13.8 Å². The zero-order valence-corrected chi connectivity index (χ0v) is 16.3. The topological polar surface area (TPSA) is 76.6 Å². The van der Waals surface area contributed by atoms with Crippen LogP contribution < -0.4 is 0 Å². The van der Waals surface area contributed by atoms with Gasteiger partial charge in [0.1, 0.15) is 11.7 Å². The molecular weight excluding hydrogens is 356 g/mol. The van der Waals surface area contributed by atoms with Crippen molar-refractivity contribution < 1.29 is 19.1 Å². The third kappa shape index (κ3) is 4.11. The molecule has 0 unspecified atom stereocenters. The van der Waals surface area contributed by atoms with E-state index in [1.54, 1.807) is 43.5 Å². The predicted octanol–water partition coefficient (Wildman–Crippen LogP) is 3.12. The van der Waals surface area contributed by atoms with E-state index in [0.717, 1.165) is 11.1 Å². The van der Waals surface area contributed by atoms with Gasteiger partial charge in [-0.15, -0.1) is 0 Å². The lowest BCUT2D eigenvalue weighted by atomic mass is 10.0. The van der Waals surface area contributed by atoms with Gasteiger partial charge in [0.15, 0.2) is 6.10 Å². The van der Waals surface area contributed by atoms with Gasteiger partial charge in [0.2, 0.25) is 5.78 Å². The Morgan fingerprint density at radius 1 is 1.14 bits per heavy atom. The lowest BCUT2D eigenvalue weighted by Gasteiger charge is -2.24. The highest BCUT2D eigenvalue weighted by Crippen LogP contribution is 2.22. The maximum atomic E-state index is 12.7. The smallest absolute Gasteiger partial charge is 0.329 e. The SMILES string of the molecule is Cc1ccc(C(=O)[C@@H](C)OC(=O)[C@@H]2CCCN2C(=O)c2ccccn2)cc1C. The summed E-state index contributed by atoms with van der Waals surface area (Å²) in [6.45, 7) is 5.94. The fourth-order valence-corrected chi connectivity index (χ4v) is 3.33. The van der Waals surface area contributed by atoms with Crippen LogP contribution in [-0.2, 0) is 9.53 Å². The number of ether oxygens (including phenoxy) is 1. The van der Waals surface area contributed by atoms with Crippen molar-refractivity contribution in [3.8, 4) is 0 Å². The molecule has 1 fully saturated rings. The predicted molar refractivity (Wildman–Crippen MR) is 104 cm³/mol. The summed E-state index contributed by atoms with van der Waals surface area (Å²) in [6, 6.07) is 9.80. The Hall–Kier alpha value is -3.02. The number of carbonyl (C=O) groups excluding carboxylic acids is 3. The van der Waals surface area contributed by atoms with Gasteiger partial charge in [-0.05, 0) is 62.9 Å². The van der Waals surface area contributed by atoms with Gasteiger partial charge >= 0.3 is 5.97 Å². The summed E-state index contributed by atoms with van der Waals surface area (Å²) in [5, 5.41) is 0. The number of hydrogen-bond acceptors (Lipinski definition) is 5. The molecule has 0 radical (unpaired) electrons. The molecule has 6 heteroatoms. The number of nitrogens with zero attached hydrogens (tertiary/aromatic N) is 2. The Morgan fingerprint density at radius 3 is 2.61 bits per heavy atom. The number of aromatic nitrogens is 1. The number of rotatable bonds is 5. The minimum atomic E-state index is -0.915. The summed E-state index contributed by atoms with van der Waals surface area (Å²) >= 11 is 0. The molecule has 1 aliphatic heterocycles. The molecular formula is C22H24N2O4. The normalized spacial score (nSPS) is 17.2. The number of hydrogen-bond donors (Lipinski definition) is 0. The first kappa shape index (κ1) is 19.7. The maximum Gasteiger partial charge on any atom is 0.329 e. The van der Waals surface area contributed by atoms with E-state index in [2.05, 4.69) is 4.98 Å². The molecule has 6 nitrogen and oxygen atoms in total. The van der Waals surface area contributed by atoms with Crippen molar-refractivity contribution >= 4 is 17.7 Å². The van der Waals surface area contributed by atoms with Gasteiger partial charge in [-0.2, -0.15) is 0 Å². The summed E-state index contributed by atoms with van der Waals surface area (Å²) in [5.74, 6) is -1.10. The molecule has 2 aromatic rings. The first-order chi connectivity index (χ1) is 13.4. The maximum absolute atomic E-state index is 12.7. The van der Waals surface area contributed by atoms with Crippen molar-refractivity contribution in [2.24, 2.45) is 0 Å². The van der Waals surface area contributed by atoms with Crippen molar-refractivity contribution in [1.82, 2.24) is 9.88 Å². The Balaban J connectivity index is 1.68. The number of ketones is 1. The molecule has 1 aromatic carbocycles. The van der Waals surface area contributed by atoms with Gasteiger partial charge < -0.3 is 9.64 Å². The molecule has 1 saturated heterocycles. The number of pyridine rings is 1. The zero-order valence-electron chi connectivity index (χ0n) is 16.3. The largest absolute Gasteiger partial charge is 0.453 e. The first-order valence-corrected chi connectivity index (χ1v) is 9.42. The van der Waals surface area contributed by atoms with Gasteiger partial charge in [-0.25, -0.2) is 4.79 Å². The highest BCUT2D eigenvalue weighted by Gasteiger charge is 2.37. The average Bonchev–Trinajstić information content (AvgIpc) is 3.19. The van der Waals surface area contributed by atoms with Gasteiger partial charge in [-0.1, -0.05) is 18.2 Å². The van der Waals surface area contributed by atoms with Crippen LogP contribution in [0.25, 0.3) is 0 Å². The van der Waals surface area contributed by atoms with Crippen LogP contribution in [-0.4, -0.2) is 46.2 Å². The minimum absolute atomic E-state index is 0.253. The van der Waals surface area contributed by atoms with Crippen molar-refractivity contribution in [2.45, 2.75) is 45.8 Å². The first-order valence-electron chi connectivity index (χ1n) is 9.42. The van der Waals surface area contributed by atoms with Gasteiger partial charge in [0.25, 0.3) is 5.91 Å². The lowest BCUT2D eigenvalue weighted by Crippen LogP contribution is -2.43. The van der Waals surface area contributed by atoms with Gasteiger partial charge in [0.05, 0.1) is 0 Å².